The fourth-order valence-corrected chi connectivity index (χ4v) is 3.99. The highest BCUT2D eigenvalue weighted by molar-refractivity contribution is 5.96. The van der Waals surface area contributed by atoms with E-state index in [4.69, 9.17) is 13.9 Å². The third-order valence-corrected chi connectivity index (χ3v) is 5.49. The van der Waals surface area contributed by atoms with Crippen LogP contribution >= 0.6 is 0 Å². The third-order valence-electron chi connectivity index (χ3n) is 5.49. The summed E-state index contributed by atoms with van der Waals surface area (Å²) >= 11 is 0. The van der Waals surface area contributed by atoms with E-state index in [9.17, 15) is 14.9 Å². The maximum Gasteiger partial charge on any atom is 0.348 e. The summed E-state index contributed by atoms with van der Waals surface area (Å²) in [6, 6.07) is 16.0. The Labute approximate surface area is 198 Å². The topological polar surface area (TPSA) is 122 Å². The molecule has 0 amide bonds. The van der Waals surface area contributed by atoms with Gasteiger partial charge in [-0.1, -0.05) is 27.8 Å². The first kappa shape index (κ1) is 22.1. The van der Waals surface area contributed by atoms with Crippen LogP contribution in [0.3, 0.4) is 0 Å². The van der Waals surface area contributed by atoms with E-state index in [2.05, 4.69) is 10.1 Å². The van der Waals surface area contributed by atoms with Gasteiger partial charge in [-0.3, -0.25) is 4.79 Å². The Hall–Kier alpha value is -4.73. The van der Waals surface area contributed by atoms with E-state index in [1.165, 1.54) is 16.9 Å². The minimum atomic E-state index is -0.496. The van der Waals surface area contributed by atoms with Gasteiger partial charge in [0.25, 0.3) is 0 Å². The first-order valence-electron chi connectivity index (χ1n) is 10.9. The molecule has 176 valence electrons. The van der Waals surface area contributed by atoms with Crippen molar-refractivity contribution in [2.45, 2.75) is 20.0 Å². The minimum Gasteiger partial charge on any atom is -0.489 e. The summed E-state index contributed by atoms with van der Waals surface area (Å²) in [4.78, 5) is 27.2. The van der Waals surface area contributed by atoms with Crippen LogP contribution in [0.5, 0.6) is 5.75 Å². The zero-order chi connectivity index (χ0) is 24.4. The van der Waals surface area contributed by atoms with Crippen LogP contribution in [0.15, 0.2) is 71.6 Å². The maximum absolute atomic E-state index is 12.0. The second-order valence-electron chi connectivity index (χ2n) is 7.71. The monoisotopic (exact) mass is 472 g/mol. The second-order valence-corrected chi connectivity index (χ2v) is 7.71. The molecule has 0 N–H and O–H groups in total. The van der Waals surface area contributed by atoms with Crippen molar-refractivity contribution in [1.82, 2.24) is 14.6 Å². The molecule has 35 heavy (non-hydrogen) atoms. The molecule has 0 aliphatic rings. The van der Waals surface area contributed by atoms with Crippen LogP contribution in [0.1, 0.15) is 18.1 Å². The highest BCUT2D eigenvalue weighted by Gasteiger charge is 2.21. The number of furan rings is 1. The molecule has 5 rings (SSSR count). The average Bonchev–Trinajstić information content (AvgIpc) is 3.50. The average molecular weight is 472 g/mol. The van der Waals surface area contributed by atoms with Gasteiger partial charge in [-0.25, -0.2) is 4.98 Å². The lowest BCUT2D eigenvalue weighted by Crippen LogP contribution is -2.09. The molecule has 0 aliphatic heterocycles. The van der Waals surface area contributed by atoms with Crippen molar-refractivity contribution in [1.29, 1.82) is 0 Å². The van der Waals surface area contributed by atoms with E-state index in [0.717, 1.165) is 16.5 Å². The molecule has 0 spiro atoms. The van der Waals surface area contributed by atoms with Crippen LogP contribution in [0.2, 0.25) is 0 Å². The molecule has 10 heteroatoms. The number of fused-ring (bicyclic) bond motifs is 2. The number of carbonyl (C=O) groups is 1. The molecule has 0 aliphatic carbocycles. The van der Waals surface area contributed by atoms with Crippen LogP contribution in [0.4, 0.5) is 5.82 Å². The molecule has 0 fully saturated rings. The number of nitro groups is 1. The molecule has 0 atom stereocenters. The van der Waals surface area contributed by atoms with Crippen molar-refractivity contribution >= 4 is 28.3 Å². The Morgan fingerprint density at radius 1 is 1.17 bits per heavy atom. The van der Waals surface area contributed by atoms with Gasteiger partial charge in [0.15, 0.2) is 11.8 Å². The van der Waals surface area contributed by atoms with Gasteiger partial charge in [-0.05, 0) is 47.7 Å². The molecule has 5 aromatic rings. The van der Waals surface area contributed by atoms with Gasteiger partial charge in [-0.2, -0.15) is 0 Å². The van der Waals surface area contributed by atoms with E-state index in [0.29, 0.717) is 34.7 Å². The Morgan fingerprint density at radius 2 is 2.03 bits per heavy atom. The number of aromatic nitrogens is 3. The van der Waals surface area contributed by atoms with Gasteiger partial charge in [0.2, 0.25) is 0 Å². The third kappa shape index (κ3) is 4.29. The maximum atomic E-state index is 12.0. The number of carbonyl (C=O) groups excluding carboxylic acids is 1. The molecule has 3 aromatic heterocycles. The molecule has 0 bridgehead atoms. The summed E-state index contributed by atoms with van der Waals surface area (Å²) in [5.41, 5.74) is 3.80. The van der Waals surface area contributed by atoms with Crippen LogP contribution in [0, 0.1) is 10.1 Å². The van der Waals surface area contributed by atoms with Crippen molar-refractivity contribution in [2.75, 3.05) is 6.61 Å². The number of ether oxygens (including phenoxy) is 2. The molecule has 0 saturated heterocycles. The predicted molar refractivity (Wildman–Crippen MR) is 126 cm³/mol. The van der Waals surface area contributed by atoms with Gasteiger partial charge >= 0.3 is 11.8 Å². The van der Waals surface area contributed by atoms with Crippen LogP contribution in [-0.4, -0.2) is 32.1 Å². The number of para-hydroxylation sites is 1. The van der Waals surface area contributed by atoms with E-state index in [-0.39, 0.29) is 24.8 Å². The van der Waals surface area contributed by atoms with Crippen molar-refractivity contribution in [3.63, 3.8) is 0 Å². The first-order valence-corrected chi connectivity index (χ1v) is 10.9. The minimum absolute atomic E-state index is 0.113. The molecule has 0 unspecified atom stereocenters. The number of hydrogen-bond donors (Lipinski definition) is 0. The van der Waals surface area contributed by atoms with E-state index in [1.54, 1.807) is 25.3 Å². The fourth-order valence-electron chi connectivity index (χ4n) is 3.99. The quantitative estimate of drug-likeness (QED) is 0.180. The largest absolute Gasteiger partial charge is 0.489 e. The van der Waals surface area contributed by atoms with Gasteiger partial charge in [0.1, 0.15) is 23.6 Å². The standard InChI is InChI=1S/C25H20N4O6/c1-2-33-23(30)13-17-5-3-4-6-21(17)35-14-16-11-18-9-10-34-25(18)19(12-16)24-20-7-8-22(29(31)32)28(20)27-15-26-24/h3-12,15H,2,13-14H2,1H3. The van der Waals surface area contributed by atoms with Crippen LogP contribution in [-0.2, 0) is 22.6 Å². The van der Waals surface area contributed by atoms with Gasteiger partial charge in [0, 0.05) is 22.6 Å². The SMILES string of the molecule is CCOC(=O)Cc1ccccc1OCc1cc(-c2ncnn3c([N+](=O)[O-])ccc23)c2occc2c1. The molecule has 2 aromatic carbocycles. The number of rotatable bonds is 8. The number of esters is 1. The molecular weight excluding hydrogens is 452 g/mol. The highest BCUT2D eigenvalue weighted by atomic mass is 16.6. The molecule has 10 nitrogen and oxygen atoms in total. The van der Waals surface area contributed by atoms with Gasteiger partial charge < -0.3 is 24.0 Å². The first-order chi connectivity index (χ1) is 17.0. The highest BCUT2D eigenvalue weighted by Crippen LogP contribution is 2.34. The number of benzene rings is 2. The normalized spacial score (nSPS) is 11.1. The number of nitrogens with zero attached hydrogens (tertiary/aromatic N) is 4. The van der Waals surface area contributed by atoms with Crippen molar-refractivity contribution in [2.24, 2.45) is 0 Å². The molecule has 3 heterocycles. The summed E-state index contributed by atoms with van der Waals surface area (Å²) in [5, 5.41) is 16.2. The lowest BCUT2D eigenvalue weighted by Gasteiger charge is -2.12. The lowest BCUT2D eigenvalue weighted by molar-refractivity contribution is -0.390. The van der Waals surface area contributed by atoms with E-state index < -0.39 is 4.92 Å². The summed E-state index contributed by atoms with van der Waals surface area (Å²) in [6.45, 7) is 2.30. The molecule has 0 radical (unpaired) electrons. The summed E-state index contributed by atoms with van der Waals surface area (Å²) < 4.78 is 18.1. The Bertz CT molecular complexity index is 1550. The summed E-state index contributed by atoms with van der Waals surface area (Å²) in [7, 11) is 0. The molecular formula is C25H20N4O6. The van der Waals surface area contributed by atoms with Gasteiger partial charge in [0.05, 0.1) is 19.3 Å². The number of hydrogen-bond acceptors (Lipinski definition) is 8. The lowest BCUT2D eigenvalue weighted by atomic mass is 10.0. The van der Waals surface area contributed by atoms with E-state index in [1.807, 2.05) is 36.4 Å². The fraction of sp³-hybridized carbons (Fsp3) is 0.160. The van der Waals surface area contributed by atoms with Crippen molar-refractivity contribution in [3.05, 3.63) is 88.4 Å². The predicted octanol–water partition coefficient (Wildman–Crippen LogP) is 4.74. The van der Waals surface area contributed by atoms with Crippen molar-refractivity contribution < 1.29 is 23.6 Å². The summed E-state index contributed by atoms with van der Waals surface area (Å²) in [6.07, 6.45) is 2.97. The van der Waals surface area contributed by atoms with Crippen LogP contribution in [0.25, 0.3) is 27.7 Å². The summed E-state index contributed by atoms with van der Waals surface area (Å²) in [5.74, 6) is 0.109. The zero-order valence-electron chi connectivity index (χ0n) is 18.7. The second kappa shape index (κ2) is 9.26. The van der Waals surface area contributed by atoms with Crippen LogP contribution < -0.4 is 4.74 Å². The van der Waals surface area contributed by atoms with E-state index >= 15 is 0 Å². The zero-order valence-corrected chi connectivity index (χ0v) is 18.7. The van der Waals surface area contributed by atoms with Crippen molar-refractivity contribution in [3.8, 4) is 17.0 Å². The Balaban J connectivity index is 1.50. The molecule has 0 saturated carbocycles. The Morgan fingerprint density at radius 3 is 2.86 bits per heavy atom. The smallest absolute Gasteiger partial charge is 0.348 e. The van der Waals surface area contributed by atoms with Gasteiger partial charge in [-0.15, -0.1) is 0 Å². The Kier molecular flexibility index (Phi) is 5.84.